The molecule has 2 N–H and O–H groups in total. The van der Waals surface area contributed by atoms with E-state index in [1.165, 1.54) is 16.6 Å². The molecule has 2 bridgehead atoms. The molecule has 4 heterocycles. The summed E-state index contributed by atoms with van der Waals surface area (Å²) in [5.41, 5.74) is 3.47. The summed E-state index contributed by atoms with van der Waals surface area (Å²) in [5, 5.41) is 8.94. The van der Waals surface area contributed by atoms with Gasteiger partial charge in [-0.05, 0) is 35.6 Å². The van der Waals surface area contributed by atoms with Gasteiger partial charge in [0.2, 0.25) is 5.91 Å². The number of nitrogens with one attached hydrogen (secondary N) is 2. The number of nitrogens with zero attached hydrogens (tertiary/aromatic N) is 5. The van der Waals surface area contributed by atoms with Crippen LogP contribution in [0.25, 0.3) is 21.8 Å². The molecule has 0 aliphatic carbocycles. The number of piperazine rings is 1. The van der Waals surface area contributed by atoms with Gasteiger partial charge in [0.15, 0.2) is 0 Å². The third kappa shape index (κ3) is 4.67. The summed E-state index contributed by atoms with van der Waals surface area (Å²) < 4.78 is 2.30. The first-order valence-corrected chi connectivity index (χ1v) is 13.3. The SMILES string of the molecule is CC(C)[C@@H]1Nc2nc(nc3ccccc23)CN2CCN(Cc3cc4ccccc4n3C)CC2CNC1=O. The highest BCUT2D eigenvalue weighted by molar-refractivity contribution is 5.92. The van der Waals surface area contributed by atoms with Crippen molar-refractivity contribution in [3.8, 4) is 0 Å². The number of benzene rings is 2. The van der Waals surface area contributed by atoms with Crippen LogP contribution in [0.3, 0.4) is 0 Å². The van der Waals surface area contributed by atoms with Crippen molar-refractivity contribution in [2.24, 2.45) is 13.0 Å². The van der Waals surface area contributed by atoms with Crippen LogP contribution in [0.1, 0.15) is 25.4 Å². The number of anilines is 1. The predicted octanol–water partition coefficient (Wildman–Crippen LogP) is 3.37. The molecule has 6 rings (SSSR count). The largest absolute Gasteiger partial charge is 0.358 e. The number of rotatable bonds is 3. The smallest absolute Gasteiger partial charge is 0.242 e. The van der Waals surface area contributed by atoms with Crippen molar-refractivity contribution in [1.29, 1.82) is 0 Å². The Balaban J connectivity index is 1.29. The highest BCUT2D eigenvalue weighted by atomic mass is 16.2. The van der Waals surface area contributed by atoms with Gasteiger partial charge in [-0.1, -0.05) is 44.2 Å². The standard InChI is InChI=1S/C29H35N7O/c1-19(2)27-29(37)30-15-22-17-35(16-21-14-20-8-4-7-11-25(20)34(21)3)12-13-36(22)18-26-31-24-10-6-5-9-23(24)28(32-26)33-27/h4-11,14,19,22,27H,12-13,15-18H2,1-3H3,(H,30,37)(H,31,32,33)/t22?,27-/m0/s1. The molecule has 2 aliphatic heterocycles. The molecular formula is C29H35N7O. The van der Waals surface area contributed by atoms with Crippen molar-refractivity contribution in [3.63, 3.8) is 0 Å². The Morgan fingerprint density at radius 1 is 1.05 bits per heavy atom. The monoisotopic (exact) mass is 497 g/mol. The third-order valence-corrected chi connectivity index (χ3v) is 7.87. The number of aryl methyl sites for hydroxylation is 1. The van der Waals surface area contributed by atoms with Crippen LogP contribution in [0.5, 0.6) is 0 Å². The topological polar surface area (TPSA) is 78.3 Å². The summed E-state index contributed by atoms with van der Waals surface area (Å²) in [6, 6.07) is 18.7. The number of hydrogen-bond donors (Lipinski definition) is 2. The minimum atomic E-state index is -0.367. The molecule has 8 heteroatoms. The molecule has 37 heavy (non-hydrogen) atoms. The number of amides is 1. The Hall–Kier alpha value is -3.49. The van der Waals surface area contributed by atoms with Crippen LogP contribution in [0.2, 0.25) is 0 Å². The summed E-state index contributed by atoms with van der Waals surface area (Å²) in [6.07, 6.45) is 0. The highest BCUT2D eigenvalue weighted by Gasteiger charge is 2.31. The lowest BCUT2D eigenvalue weighted by Gasteiger charge is -2.41. The summed E-state index contributed by atoms with van der Waals surface area (Å²) in [5.74, 6) is 1.67. The van der Waals surface area contributed by atoms with Gasteiger partial charge in [0.1, 0.15) is 17.7 Å². The van der Waals surface area contributed by atoms with E-state index in [4.69, 9.17) is 9.97 Å². The zero-order valence-electron chi connectivity index (χ0n) is 21.8. The molecule has 192 valence electrons. The maximum atomic E-state index is 13.4. The van der Waals surface area contributed by atoms with Crippen molar-refractivity contribution in [2.45, 2.75) is 39.0 Å². The fraction of sp³-hybridized carbons (Fsp3) is 0.414. The number of carbonyl (C=O) groups excluding carboxylic acids is 1. The molecule has 0 radical (unpaired) electrons. The molecule has 8 nitrogen and oxygen atoms in total. The Kier molecular flexibility index (Phi) is 6.30. The summed E-state index contributed by atoms with van der Waals surface area (Å²) in [7, 11) is 2.15. The molecule has 2 aliphatic rings. The average Bonchev–Trinajstić information content (AvgIpc) is 3.20. The van der Waals surface area contributed by atoms with E-state index in [0.29, 0.717) is 13.1 Å². The van der Waals surface area contributed by atoms with Gasteiger partial charge < -0.3 is 15.2 Å². The summed E-state index contributed by atoms with van der Waals surface area (Å²) in [6.45, 7) is 9.02. The average molecular weight is 498 g/mol. The molecule has 0 saturated carbocycles. The number of carbonyl (C=O) groups is 1. The van der Waals surface area contributed by atoms with E-state index in [0.717, 1.165) is 48.7 Å². The van der Waals surface area contributed by atoms with Crippen molar-refractivity contribution < 1.29 is 4.79 Å². The minimum Gasteiger partial charge on any atom is -0.358 e. The fourth-order valence-corrected chi connectivity index (χ4v) is 5.73. The zero-order chi connectivity index (χ0) is 25.5. The van der Waals surface area contributed by atoms with Gasteiger partial charge in [0.05, 0.1) is 12.1 Å². The second kappa shape index (κ2) is 9.76. The summed E-state index contributed by atoms with van der Waals surface area (Å²) in [4.78, 5) is 28.1. The van der Waals surface area contributed by atoms with Crippen LogP contribution in [-0.2, 0) is 24.9 Å². The second-order valence-electron chi connectivity index (χ2n) is 10.7. The van der Waals surface area contributed by atoms with Crippen molar-refractivity contribution in [1.82, 2.24) is 29.7 Å². The van der Waals surface area contributed by atoms with Crippen molar-refractivity contribution in [3.05, 3.63) is 66.1 Å². The number of hydrogen-bond acceptors (Lipinski definition) is 6. The van der Waals surface area contributed by atoms with Crippen molar-refractivity contribution in [2.75, 3.05) is 31.5 Å². The molecule has 4 aromatic rings. The van der Waals surface area contributed by atoms with E-state index in [2.05, 4.69) is 76.2 Å². The van der Waals surface area contributed by atoms with Gasteiger partial charge in [0, 0.05) is 62.4 Å². The molecule has 2 aromatic carbocycles. The molecule has 1 fully saturated rings. The lowest BCUT2D eigenvalue weighted by atomic mass is 10.0. The summed E-state index contributed by atoms with van der Waals surface area (Å²) >= 11 is 0. The van der Waals surface area contributed by atoms with Crippen LogP contribution in [0, 0.1) is 5.92 Å². The quantitative estimate of drug-likeness (QED) is 0.452. The van der Waals surface area contributed by atoms with E-state index in [1.807, 2.05) is 24.3 Å². The van der Waals surface area contributed by atoms with Crippen LogP contribution in [0.4, 0.5) is 5.82 Å². The lowest BCUT2D eigenvalue weighted by molar-refractivity contribution is -0.123. The Labute approximate surface area is 217 Å². The van der Waals surface area contributed by atoms with Crippen LogP contribution in [-0.4, -0.2) is 68.5 Å². The van der Waals surface area contributed by atoms with Gasteiger partial charge in [0.25, 0.3) is 0 Å². The van der Waals surface area contributed by atoms with E-state index >= 15 is 0 Å². The van der Waals surface area contributed by atoms with Crippen LogP contribution < -0.4 is 10.6 Å². The van der Waals surface area contributed by atoms with E-state index in [-0.39, 0.29) is 23.9 Å². The van der Waals surface area contributed by atoms with E-state index < -0.39 is 0 Å². The van der Waals surface area contributed by atoms with Gasteiger partial charge >= 0.3 is 0 Å². The van der Waals surface area contributed by atoms with E-state index in [9.17, 15) is 4.79 Å². The number of aromatic nitrogens is 3. The van der Waals surface area contributed by atoms with Gasteiger partial charge in [-0.2, -0.15) is 0 Å². The molecule has 1 saturated heterocycles. The number of fused-ring (bicyclic) bond motifs is 6. The van der Waals surface area contributed by atoms with Gasteiger partial charge in [-0.25, -0.2) is 9.97 Å². The first-order valence-electron chi connectivity index (χ1n) is 13.3. The fourth-order valence-electron chi connectivity index (χ4n) is 5.73. The first-order chi connectivity index (χ1) is 18.0. The normalized spacial score (nSPS) is 21.5. The molecule has 1 amide bonds. The highest BCUT2D eigenvalue weighted by Crippen LogP contribution is 2.25. The predicted molar refractivity (Wildman–Crippen MR) is 147 cm³/mol. The molecule has 2 atom stereocenters. The molecule has 2 aromatic heterocycles. The number of para-hydroxylation sites is 2. The van der Waals surface area contributed by atoms with Gasteiger partial charge in [-0.15, -0.1) is 0 Å². The van der Waals surface area contributed by atoms with E-state index in [1.54, 1.807) is 0 Å². The molecular weight excluding hydrogens is 462 g/mol. The maximum absolute atomic E-state index is 13.4. The minimum absolute atomic E-state index is 0.0203. The Morgan fingerprint density at radius 2 is 1.86 bits per heavy atom. The maximum Gasteiger partial charge on any atom is 0.242 e. The van der Waals surface area contributed by atoms with Crippen LogP contribution in [0.15, 0.2) is 54.6 Å². The Morgan fingerprint density at radius 3 is 2.70 bits per heavy atom. The molecule has 1 unspecified atom stereocenters. The molecule has 0 spiro atoms. The Bertz CT molecular complexity index is 1450. The van der Waals surface area contributed by atoms with Crippen LogP contribution >= 0.6 is 0 Å². The lowest BCUT2D eigenvalue weighted by Crippen LogP contribution is -2.57. The first kappa shape index (κ1) is 23.9. The van der Waals surface area contributed by atoms with Crippen molar-refractivity contribution >= 4 is 33.5 Å². The third-order valence-electron chi connectivity index (χ3n) is 7.87. The second-order valence-corrected chi connectivity index (χ2v) is 10.7. The zero-order valence-corrected chi connectivity index (χ0v) is 21.8. The van der Waals surface area contributed by atoms with Gasteiger partial charge in [-0.3, -0.25) is 14.6 Å².